The first-order valence-electron chi connectivity index (χ1n) is 3.67. The number of hydrogen-bond donors (Lipinski definition) is 0. The van der Waals surface area contributed by atoms with Crippen LogP contribution in [0.4, 0.5) is 43.9 Å². The molecule has 1 heterocycles. The first-order chi connectivity index (χ1) is 7.38. The van der Waals surface area contributed by atoms with Crippen LogP contribution in [0, 0.1) is 0 Å². The highest BCUT2D eigenvalue weighted by atomic mass is 19.3. The molecule has 1 rings (SSSR count). The Morgan fingerprint density at radius 2 is 0.824 bits per heavy atom. The van der Waals surface area contributed by atoms with Gasteiger partial charge in [0.25, 0.3) is 0 Å². The number of alkyl halides is 10. The second-order valence-corrected chi connectivity index (χ2v) is 2.89. The van der Waals surface area contributed by atoms with Crippen molar-refractivity contribution in [3.63, 3.8) is 0 Å². The van der Waals surface area contributed by atoms with Gasteiger partial charge < -0.3 is 0 Å². The van der Waals surface area contributed by atoms with Gasteiger partial charge in [0.15, 0.2) is 0 Å². The molecule has 0 aromatic carbocycles. The molecule has 12 heteroatoms. The predicted octanol–water partition coefficient (Wildman–Crippen LogP) is 2.79. The second kappa shape index (κ2) is 3.60. The minimum absolute atomic E-state index is 2.56. The fraction of sp³-hybridized carbons (Fsp3) is 1.00. The van der Waals surface area contributed by atoms with Gasteiger partial charge in [-0.15, -0.1) is 9.80 Å². The molecule has 0 amide bonds. The van der Waals surface area contributed by atoms with Crippen LogP contribution < -0.4 is 0 Å². The molecule has 0 radical (unpaired) electrons. The molecule has 0 unspecified atom stereocenters. The molecule has 1 fully saturated rings. The van der Waals surface area contributed by atoms with E-state index in [9.17, 15) is 43.9 Å². The van der Waals surface area contributed by atoms with Crippen molar-refractivity contribution in [3.05, 3.63) is 0 Å². The van der Waals surface area contributed by atoms with Gasteiger partial charge in [-0.2, -0.15) is 43.9 Å². The third-order valence-electron chi connectivity index (χ3n) is 1.94. The number of rotatable bonds is 2. The molecule has 0 atom stereocenters. The minimum atomic E-state index is -6.14. The lowest BCUT2D eigenvalue weighted by Gasteiger charge is -2.27. The molecule has 1 aliphatic rings. The van der Waals surface area contributed by atoms with Crippen LogP contribution >= 0.6 is 0 Å². The van der Waals surface area contributed by atoms with E-state index >= 15 is 0 Å². The molecule has 0 aromatic heterocycles. The summed E-state index contributed by atoms with van der Waals surface area (Å²) in [5, 5.41) is 0. The fourth-order valence-corrected chi connectivity index (χ4v) is 1.22. The molecule has 102 valence electrons. The third-order valence-corrected chi connectivity index (χ3v) is 1.94. The predicted molar refractivity (Wildman–Crippen MR) is 30.5 cm³/mol. The van der Waals surface area contributed by atoms with Crippen LogP contribution in [0.1, 0.15) is 0 Å². The average Bonchev–Trinajstić information content (AvgIpc) is 2.07. The van der Waals surface area contributed by atoms with Gasteiger partial charge in [0.2, 0.25) is 0 Å². The van der Waals surface area contributed by atoms with E-state index in [1.165, 1.54) is 0 Å². The van der Waals surface area contributed by atoms with Crippen molar-refractivity contribution in [2.45, 2.75) is 31.4 Å². The summed E-state index contributed by atoms with van der Waals surface area (Å²) < 4.78 is 123. The van der Waals surface area contributed by atoms with Gasteiger partial charge in [0.1, 0.15) is 0 Å². The quantitative estimate of drug-likeness (QED) is 0.567. The number of hydrogen-bond acceptors (Lipinski definition) is 2. The highest BCUT2D eigenvalue weighted by molar-refractivity contribution is 4.98. The van der Waals surface area contributed by atoms with E-state index < -0.39 is 41.2 Å². The summed E-state index contributed by atoms with van der Waals surface area (Å²) in [6.45, 7) is -9.51. The number of halogens is 10. The normalized spacial score (nSPS) is 28.2. The maximum atomic E-state index is 12.7. The van der Waals surface area contributed by atoms with Crippen LogP contribution in [0.3, 0.4) is 0 Å². The van der Waals surface area contributed by atoms with Crippen molar-refractivity contribution in [2.24, 2.45) is 0 Å². The summed E-state index contributed by atoms with van der Waals surface area (Å²) in [6, 6.07) is -12.3. The Morgan fingerprint density at radius 3 is 0.941 bits per heavy atom. The lowest BCUT2D eigenvalue weighted by atomic mass is 10.4. The summed E-state index contributed by atoms with van der Waals surface area (Å²) in [7, 11) is 0. The Labute approximate surface area is 86.4 Å². The molecular formula is C5H2F10N2. The Bertz CT molecular complexity index is 273. The third kappa shape index (κ3) is 1.64. The van der Waals surface area contributed by atoms with Gasteiger partial charge in [-0.05, 0) is 0 Å². The van der Waals surface area contributed by atoms with Crippen LogP contribution in [0.15, 0.2) is 0 Å². The van der Waals surface area contributed by atoms with Gasteiger partial charge in [-0.3, -0.25) is 0 Å². The molecule has 17 heavy (non-hydrogen) atoms. The first-order valence-corrected chi connectivity index (χ1v) is 3.67. The van der Waals surface area contributed by atoms with Crippen LogP contribution in [-0.4, -0.2) is 41.2 Å². The standard InChI is InChI=1S/C5H2F10N2/c6-1(7)16-3(10,11)4(12,13)17(2(8)9)5(16,14)15/h1-2H. The van der Waals surface area contributed by atoms with Crippen molar-refractivity contribution in [2.75, 3.05) is 0 Å². The molecule has 0 saturated carbocycles. The Balaban J connectivity index is 3.38. The maximum absolute atomic E-state index is 12.7. The summed E-state index contributed by atoms with van der Waals surface area (Å²) >= 11 is 0. The Morgan fingerprint density at radius 1 is 0.588 bits per heavy atom. The van der Waals surface area contributed by atoms with E-state index in [0.717, 1.165) is 0 Å². The molecule has 0 spiro atoms. The minimum Gasteiger partial charge on any atom is -0.191 e. The number of nitrogens with zero attached hydrogens (tertiary/aromatic N) is 2. The molecule has 1 aliphatic heterocycles. The van der Waals surface area contributed by atoms with Gasteiger partial charge in [0.05, 0.1) is 0 Å². The van der Waals surface area contributed by atoms with E-state index in [0.29, 0.717) is 0 Å². The van der Waals surface area contributed by atoms with E-state index in [1.807, 2.05) is 0 Å². The van der Waals surface area contributed by atoms with Crippen LogP contribution in [0.5, 0.6) is 0 Å². The highest BCUT2D eigenvalue weighted by Crippen LogP contribution is 2.56. The topological polar surface area (TPSA) is 6.48 Å². The van der Waals surface area contributed by atoms with Gasteiger partial charge >= 0.3 is 31.4 Å². The van der Waals surface area contributed by atoms with Crippen molar-refractivity contribution in [1.82, 2.24) is 9.80 Å². The van der Waals surface area contributed by atoms with Crippen molar-refractivity contribution >= 4 is 0 Å². The first kappa shape index (κ1) is 14.3. The summed E-state index contributed by atoms with van der Waals surface area (Å²) in [5.41, 5.74) is 0. The molecule has 2 nitrogen and oxygen atoms in total. The van der Waals surface area contributed by atoms with Gasteiger partial charge in [-0.1, -0.05) is 0 Å². The molecule has 0 aromatic rings. The lowest BCUT2D eigenvalue weighted by molar-refractivity contribution is -0.328. The van der Waals surface area contributed by atoms with Crippen molar-refractivity contribution < 1.29 is 43.9 Å². The maximum Gasteiger partial charge on any atom is 0.392 e. The van der Waals surface area contributed by atoms with E-state index in [1.54, 1.807) is 0 Å². The van der Waals surface area contributed by atoms with E-state index in [2.05, 4.69) is 0 Å². The second-order valence-electron chi connectivity index (χ2n) is 2.89. The summed E-state index contributed by atoms with van der Waals surface area (Å²) in [6.07, 6.45) is -5.89. The van der Waals surface area contributed by atoms with E-state index in [4.69, 9.17) is 0 Å². The molecule has 0 aliphatic carbocycles. The molecule has 0 N–H and O–H groups in total. The monoisotopic (exact) mass is 280 g/mol. The van der Waals surface area contributed by atoms with Crippen LogP contribution in [0.2, 0.25) is 0 Å². The lowest BCUT2D eigenvalue weighted by Crippen LogP contribution is -2.52. The van der Waals surface area contributed by atoms with Crippen LogP contribution in [-0.2, 0) is 0 Å². The fourth-order valence-electron chi connectivity index (χ4n) is 1.22. The highest BCUT2D eigenvalue weighted by Gasteiger charge is 2.84. The summed E-state index contributed by atoms with van der Waals surface area (Å²) in [4.78, 5) is -5.13. The Hall–Kier alpha value is -0.780. The van der Waals surface area contributed by atoms with E-state index in [-0.39, 0.29) is 0 Å². The largest absolute Gasteiger partial charge is 0.392 e. The molecule has 1 saturated heterocycles. The van der Waals surface area contributed by atoms with Crippen molar-refractivity contribution in [1.29, 1.82) is 0 Å². The van der Waals surface area contributed by atoms with Gasteiger partial charge in [-0.25, -0.2) is 0 Å². The molecule has 0 bridgehead atoms. The molecular weight excluding hydrogens is 278 g/mol. The van der Waals surface area contributed by atoms with Crippen molar-refractivity contribution in [3.8, 4) is 0 Å². The summed E-state index contributed by atoms with van der Waals surface area (Å²) in [5.74, 6) is 0. The zero-order chi connectivity index (χ0) is 13.8. The zero-order valence-corrected chi connectivity index (χ0v) is 7.33. The smallest absolute Gasteiger partial charge is 0.191 e. The zero-order valence-electron chi connectivity index (χ0n) is 7.33. The average molecular weight is 280 g/mol. The SMILES string of the molecule is FC(F)N1C(F)(F)N(C(F)F)C(F)(F)C1(F)F. The van der Waals surface area contributed by atoms with Gasteiger partial charge in [0, 0.05) is 0 Å². The van der Waals surface area contributed by atoms with Crippen LogP contribution in [0.25, 0.3) is 0 Å². The Kier molecular flexibility index (Phi) is 3.03.